The molecule has 1 atom stereocenters. The van der Waals surface area contributed by atoms with Crippen LogP contribution in [0.2, 0.25) is 0 Å². The standard InChI is InChI=1S/C16H31N3O2/c1-4-9-17-16(15(20)21,13-5-6-13)12-19-10-7-14(8-11-19)18(2)3/h13-14,17H,4-12H2,1-3H3,(H,20,21). The fraction of sp³-hybridized carbons (Fsp3) is 0.938. The summed E-state index contributed by atoms with van der Waals surface area (Å²) in [7, 11) is 4.27. The van der Waals surface area contributed by atoms with Crippen molar-refractivity contribution < 1.29 is 9.90 Å². The second kappa shape index (κ2) is 7.07. The number of hydrogen-bond donors (Lipinski definition) is 2. The molecule has 0 radical (unpaired) electrons. The second-order valence-corrected chi connectivity index (χ2v) is 6.95. The average Bonchev–Trinajstić information content (AvgIpc) is 3.28. The van der Waals surface area contributed by atoms with E-state index in [2.05, 4.69) is 36.1 Å². The van der Waals surface area contributed by atoms with Crippen molar-refractivity contribution in [3.63, 3.8) is 0 Å². The molecule has 5 heteroatoms. The zero-order valence-electron chi connectivity index (χ0n) is 13.8. The Morgan fingerprint density at radius 3 is 2.33 bits per heavy atom. The Kier molecular flexibility index (Phi) is 5.63. The van der Waals surface area contributed by atoms with Crippen molar-refractivity contribution in [2.24, 2.45) is 5.92 Å². The normalized spacial score (nSPS) is 24.2. The maximum absolute atomic E-state index is 12.0. The lowest BCUT2D eigenvalue weighted by atomic mass is 9.90. The molecule has 1 unspecified atom stereocenters. The molecular formula is C16H31N3O2. The van der Waals surface area contributed by atoms with Crippen LogP contribution in [0.15, 0.2) is 0 Å². The SMILES string of the molecule is CCCNC(CN1CCC(N(C)C)CC1)(C(=O)O)C1CC1. The molecule has 0 bridgehead atoms. The van der Waals surface area contributed by atoms with Gasteiger partial charge in [0, 0.05) is 12.6 Å². The van der Waals surface area contributed by atoms with Crippen LogP contribution in [0.4, 0.5) is 0 Å². The van der Waals surface area contributed by atoms with Gasteiger partial charge in [0.25, 0.3) is 0 Å². The Labute approximate surface area is 128 Å². The smallest absolute Gasteiger partial charge is 0.325 e. The highest BCUT2D eigenvalue weighted by Crippen LogP contribution is 2.41. The fourth-order valence-corrected chi connectivity index (χ4v) is 3.52. The van der Waals surface area contributed by atoms with E-state index in [-0.39, 0.29) is 0 Å². The first kappa shape index (κ1) is 16.7. The quantitative estimate of drug-likeness (QED) is 0.706. The molecule has 2 N–H and O–H groups in total. The van der Waals surface area contributed by atoms with E-state index < -0.39 is 11.5 Å². The van der Waals surface area contributed by atoms with Gasteiger partial charge >= 0.3 is 5.97 Å². The molecule has 0 amide bonds. The van der Waals surface area contributed by atoms with Crippen LogP contribution in [0.5, 0.6) is 0 Å². The average molecular weight is 297 g/mol. The first-order valence-corrected chi connectivity index (χ1v) is 8.36. The summed E-state index contributed by atoms with van der Waals surface area (Å²) in [6.45, 7) is 5.57. The molecule has 122 valence electrons. The van der Waals surface area contributed by atoms with Crippen molar-refractivity contribution in [3.8, 4) is 0 Å². The van der Waals surface area contributed by atoms with E-state index in [9.17, 15) is 9.90 Å². The molecule has 2 fully saturated rings. The number of carboxylic acids is 1. The monoisotopic (exact) mass is 297 g/mol. The molecule has 0 spiro atoms. The van der Waals surface area contributed by atoms with Crippen LogP contribution in [-0.4, -0.2) is 72.7 Å². The second-order valence-electron chi connectivity index (χ2n) is 6.95. The minimum atomic E-state index is -0.721. The number of aliphatic carboxylic acids is 1. The Balaban J connectivity index is 1.97. The van der Waals surface area contributed by atoms with Gasteiger partial charge in [0.1, 0.15) is 5.54 Å². The van der Waals surface area contributed by atoms with Crippen LogP contribution < -0.4 is 5.32 Å². The van der Waals surface area contributed by atoms with Crippen molar-refractivity contribution in [2.45, 2.75) is 50.6 Å². The number of piperidine rings is 1. The summed E-state index contributed by atoms with van der Waals surface area (Å²) in [6.07, 6.45) is 5.36. The molecule has 2 rings (SSSR count). The van der Waals surface area contributed by atoms with Gasteiger partial charge in [0.05, 0.1) is 0 Å². The van der Waals surface area contributed by atoms with Gasteiger partial charge < -0.3 is 20.2 Å². The van der Waals surface area contributed by atoms with Crippen molar-refractivity contribution in [1.29, 1.82) is 0 Å². The van der Waals surface area contributed by atoms with E-state index in [0.717, 1.165) is 51.7 Å². The predicted molar refractivity (Wildman–Crippen MR) is 84.5 cm³/mol. The number of carbonyl (C=O) groups is 1. The molecule has 1 aliphatic carbocycles. The predicted octanol–water partition coefficient (Wildman–Crippen LogP) is 1.25. The maximum Gasteiger partial charge on any atom is 0.325 e. The minimum absolute atomic E-state index is 0.313. The molecule has 1 saturated heterocycles. The Bertz CT molecular complexity index is 349. The summed E-state index contributed by atoms with van der Waals surface area (Å²) >= 11 is 0. The highest BCUT2D eigenvalue weighted by atomic mass is 16.4. The summed E-state index contributed by atoms with van der Waals surface area (Å²) in [6, 6.07) is 0.644. The van der Waals surface area contributed by atoms with Crippen molar-refractivity contribution in [2.75, 3.05) is 40.3 Å². The summed E-state index contributed by atoms with van der Waals surface area (Å²) in [5, 5.41) is 13.2. The number of hydrogen-bond acceptors (Lipinski definition) is 4. The summed E-state index contributed by atoms with van der Waals surface area (Å²) in [5.74, 6) is -0.346. The lowest BCUT2D eigenvalue weighted by Gasteiger charge is -2.40. The number of nitrogens with zero attached hydrogens (tertiary/aromatic N) is 2. The van der Waals surface area contributed by atoms with Crippen LogP contribution in [0.3, 0.4) is 0 Å². The molecule has 21 heavy (non-hydrogen) atoms. The van der Waals surface area contributed by atoms with Crippen LogP contribution >= 0.6 is 0 Å². The zero-order chi connectivity index (χ0) is 15.5. The zero-order valence-corrected chi connectivity index (χ0v) is 13.8. The van der Waals surface area contributed by atoms with Gasteiger partial charge in [-0.2, -0.15) is 0 Å². The van der Waals surface area contributed by atoms with E-state index in [4.69, 9.17) is 0 Å². The van der Waals surface area contributed by atoms with Crippen LogP contribution in [0, 0.1) is 5.92 Å². The number of carboxylic acid groups (broad SMARTS) is 1. The first-order chi connectivity index (χ1) is 9.99. The largest absolute Gasteiger partial charge is 0.480 e. The van der Waals surface area contributed by atoms with E-state index in [0.29, 0.717) is 18.5 Å². The maximum atomic E-state index is 12.0. The number of nitrogens with one attached hydrogen (secondary N) is 1. The molecule has 1 saturated carbocycles. The van der Waals surface area contributed by atoms with E-state index in [1.165, 1.54) is 0 Å². The summed E-state index contributed by atoms with van der Waals surface area (Å²) in [4.78, 5) is 16.6. The lowest BCUT2D eigenvalue weighted by molar-refractivity contribution is -0.147. The van der Waals surface area contributed by atoms with Crippen LogP contribution in [0.1, 0.15) is 39.0 Å². The molecular weight excluding hydrogens is 266 g/mol. The third-order valence-corrected chi connectivity index (χ3v) is 5.11. The third kappa shape index (κ3) is 3.96. The molecule has 1 aliphatic heterocycles. The Hall–Kier alpha value is -0.650. The topological polar surface area (TPSA) is 55.8 Å². The first-order valence-electron chi connectivity index (χ1n) is 8.36. The molecule has 1 heterocycles. The fourth-order valence-electron chi connectivity index (χ4n) is 3.52. The minimum Gasteiger partial charge on any atom is -0.480 e. The van der Waals surface area contributed by atoms with Gasteiger partial charge in [-0.25, -0.2) is 0 Å². The molecule has 2 aliphatic rings. The van der Waals surface area contributed by atoms with Crippen molar-refractivity contribution in [3.05, 3.63) is 0 Å². The van der Waals surface area contributed by atoms with Gasteiger partial charge in [0.2, 0.25) is 0 Å². The lowest BCUT2D eigenvalue weighted by Crippen LogP contribution is -2.62. The molecule has 0 aromatic carbocycles. The van der Waals surface area contributed by atoms with Crippen LogP contribution in [0.25, 0.3) is 0 Å². The van der Waals surface area contributed by atoms with Gasteiger partial charge in [-0.1, -0.05) is 6.92 Å². The van der Waals surface area contributed by atoms with Gasteiger partial charge in [-0.15, -0.1) is 0 Å². The summed E-state index contributed by atoms with van der Waals surface area (Å²) in [5.41, 5.74) is -0.721. The molecule has 0 aromatic heterocycles. The van der Waals surface area contributed by atoms with E-state index >= 15 is 0 Å². The van der Waals surface area contributed by atoms with Crippen LogP contribution in [-0.2, 0) is 4.79 Å². The van der Waals surface area contributed by atoms with E-state index in [1.54, 1.807) is 0 Å². The molecule has 0 aromatic rings. The Morgan fingerprint density at radius 1 is 1.29 bits per heavy atom. The van der Waals surface area contributed by atoms with E-state index in [1.807, 2.05) is 0 Å². The highest BCUT2D eigenvalue weighted by Gasteiger charge is 2.51. The third-order valence-electron chi connectivity index (χ3n) is 5.11. The molecule has 5 nitrogen and oxygen atoms in total. The van der Waals surface area contributed by atoms with Gasteiger partial charge in [-0.05, 0) is 71.8 Å². The van der Waals surface area contributed by atoms with Crippen molar-refractivity contribution >= 4 is 5.97 Å². The number of rotatable bonds is 8. The van der Waals surface area contributed by atoms with Crippen molar-refractivity contribution in [1.82, 2.24) is 15.1 Å². The van der Waals surface area contributed by atoms with Gasteiger partial charge in [0.15, 0.2) is 0 Å². The van der Waals surface area contributed by atoms with Gasteiger partial charge in [-0.3, -0.25) is 4.79 Å². The summed E-state index contributed by atoms with van der Waals surface area (Å²) < 4.78 is 0. The Morgan fingerprint density at radius 2 is 1.90 bits per heavy atom. The number of likely N-dealkylation sites (tertiary alicyclic amines) is 1. The highest BCUT2D eigenvalue weighted by molar-refractivity contribution is 5.80.